The topological polar surface area (TPSA) is 93.5 Å². The summed E-state index contributed by atoms with van der Waals surface area (Å²) in [5.74, 6) is 0.483. The second-order valence-electron chi connectivity index (χ2n) is 8.06. The number of aromatic nitrogens is 2. The lowest BCUT2D eigenvalue weighted by Crippen LogP contribution is -2.35. The van der Waals surface area contributed by atoms with Gasteiger partial charge in [-0.3, -0.25) is 4.79 Å². The van der Waals surface area contributed by atoms with E-state index in [2.05, 4.69) is 9.82 Å². The van der Waals surface area contributed by atoms with E-state index in [0.717, 1.165) is 11.8 Å². The molecule has 1 atom stereocenters. The molecule has 1 aliphatic heterocycles. The third-order valence-electron chi connectivity index (χ3n) is 5.86. The van der Waals surface area contributed by atoms with Gasteiger partial charge >= 0.3 is 6.55 Å². The molecule has 0 saturated carbocycles. The predicted molar refractivity (Wildman–Crippen MR) is 122 cm³/mol. The molecule has 0 radical (unpaired) electrons. The van der Waals surface area contributed by atoms with E-state index in [1.54, 1.807) is 48.4 Å². The highest BCUT2D eigenvalue weighted by molar-refractivity contribution is 7.89. The summed E-state index contributed by atoms with van der Waals surface area (Å²) < 4.78 is 59.2. The molecule has 0 spiro atoms. The second-order valence-corrected chi connectivity index (χ2v) is 9.80. The Bertz CT molecular complexity index is 1320. The zero-order valence-corrected chi connectivity index (χ0v) is 19.6. The number of hydrogen-bond donors (Lipinski definition) is 1. The van der Waals surface area contributed by atoms with Gasteiger partial charge in [-0.25, -0.2) is 17.8 Å². The molecular formula is C23H24F2N4O4S. The number of ether oxygens (including phenoxy) is 1. The molecule has 0 fully saturated rings. The first kappa shape index (κ1) is 23.8. The molecule has 1 aromatic heterocycles. The monoisotopic (exact) mass is 490 g/mol. The molecule has 11 heteroatoms. The van der Waals surface area contributed by atoms with Gasteiger partial charge in [0.05, 0.1) is 19.0 Å². The van der Waals surface area contributed by atoms with E-state index in [1.165, 1.54) is 6.92 Å². The van der Waals surface area contributed by atoms with Gasteiger partial charge < -0.3 is 9.64 Å². The van der Waals surface area contributed by atoms with Gasteiger partial charge in [-0.1, -0.05) is 12.1 Å². The summed E-state index contributed by atoms with van der Waals surface area (Å²) in [6.45, 7) is 0.214. The number of hydrogen-bond acceptors (Lipinski definition) is 5. The number of nitrogens with zero attached hydrogens (tertiary/aromatic N) is 3. The zero-order valence-electron chi connectivity index (χ0n) is 18.8. The van der Waals surface area contributed by atoms with Crippen molar-refractivity contribution in [2.75, 3.05) is 12.0 Å². The summed E-state index contributed by atoms with van der Waals surface area (Å²) in [5.41, 5.74) is 2.68. The number of fused-ring (bicyclic) bond motifs is 1. The summed E-state index contributed by atoms with van der Waals surface area (Å²) in [6.07, 6.45) is 1.58. The number of carbonyl (C=O) groups is 1. The van der Waals surface area contributed by atoms with Crippen molar-refractivity contribution < 1.29 is 26.7 Å². The van der Waals surface area contributed by atoms with E-state index in [0.29, 0.717) is 33.7 Å². The Hall–Kier alpha value is -3.31. The van der Waals surface area contributed by atoms with Crippen LogP contribution in [0.5, 0.6) is 5.75 Å². The summed E-state index contributed by atoms with van der Waals surface area (Å²) >= 11 is 0. The first-order chi connectivity index (χ1) is 16.1. The van der Waals surface area contributed by atoms with Crippen molar-refractivity contribution in [3.05, 3.63) is 71.0 Å². The molecule has 0 unspecified atom stereocenters. The van der Waals surface area contributed by atoms with Crippen LogP contribution in [0, 0.1) is 6.92 Å². The van der Waals surface area contributed by atoms with Crippen LogP contribution in [-0.2, 0) is 23.0 Å². The van der Waals surface area contributed by atoms with Crippen molar-refractivity contribution in [3.8, 4) is 5.75 Å². The van der Waals surface area contributed by atoms with E-state index >= 15 is 0 Å². The maximum atomic E-state index is 13.2. The van der Waals surface area contributed by atoms with Crippen molar-refractivity contribution in [3.63, 3.8) is 0 Å². The van der Waals surface area contributed by atoms with E-state index < -0.39 is 16.6 Å². The minimum atomic E-state index is -4.07. The molecule has 0 aliphatic carbocycles. The number of rotatable bonds is 7. The number of anilines is 1. The van der Waals surface area contributed by atoms with E-state index in [4.69, 9.17) is 4.74 Å². The molecule has 4 rings (SSSR count). The molecular weight excluding hydrogens is 466 g/mol. The van der Waals surface area contributed by atoms with Gasteiger partial charge in [-0.2, -0.15) is 13.9 Å². The number of nitrogens with one attached hydrogen (secondary N) is 1. The molecule has 1 aliphatic rings. The maximum Gasteiger partial charge on any atom is 0.333 e. The maximum absolute atomic E-state index is 13.2. The van der Waals surface area contributed by atoms with Crippen molar-refractivity contribution >= 4 is 21.6 Å². The van der Waals surface area contributed by atoms with Crippen LogP contribution in [0.1, 0.15) is 40.7 Å². The van der Waals surface area contributed by atoms with Crippen LogP contribution in [0.4, 0.5) is 14.5 Å². The van der Waals surface area contributed by atoms with Crippen molar-refractivity contribution in [2.45, 2.75) is 44.3 Å². The van der Waals surface area contributed by atoms with Crippen molar-refractivity contribution in [1.82, 2.24) is 14.5 Å². The predicted octanol–water partition coefficient (Wildman–Crippen LogP) is 3.67. The summed E-state index contributed by atoms with van der Waals surface area (Å²) in [4.78, 5) is 14.6. The van der Waals surface area contributed by atoms with Crippen LogP contribution >= 0.6 is 0 Å². The van der Waals surface area contributed by atoms with Crippen LogP contribution in [0.25, 0.3) is 0 Å². The molecule has 2 heterocycles. The number of sulfonamides is 1. The number of alkyl halides is 2. The average Bonchev–Trinajstić information content (AvgIpc) is 3.36. The average molecular weight is 491 g/mol. The fraction of sp³-hybridized carbons (Fsp3) is 0.304. The molecule has 0 bridgehead atoms. The Kier molecular flexibility index (Phi) is 6.41. The number of benzene rings is 2. The molecule has 34 heavy (non-hydrogen) atoms. The number of methoxy groups -OCH3 is 1. The lowest BCUT2D eigenvalue weighted by molar-refractivity contribution is 0.0541. The number of carbonyl (C=O) groups excluding carboxylic acids is 1. The number of halogens is 2. The van der Waals surface area contributed by atoms with E-state index in [9.17, 15) is 22.0 Å². The third kappa shape index (κ3) is 4.40. The van der Waals surface area contributed by atoms with Crippen LogP contribution in [-0.4, -0.2) is 37.3 Å². The number of amides is 1. The van der Waals surface area contributed by atoms with Crippen molar-refractivity contribution in [2.24, 2.45) is 0 Å². The van der Waals surface area contributed by atoms with Gasteiger partial charge in [0.2, 0.25) is 10.0 Å². The molecule has 0 saturated heterocycles. The van der Waals surface area contributed by atoms with Crippen LogP contribution in [0.3, 0.4) is 0 Å². The highest BCUT2D eigenvalue weighted by atomic mass is 32.2. The largest absolute Gasteiger partial charge is 0.497 e. The highest BCUT2D eigenvalue weighted by Gasteiger charge is 2.32. The highest BCUT2D eigenvalue weighted by Crippen LogP contribution is 2.34. The van der Waals surface area contributed by atoms with Gasteiger partial charge in [0.15, 0.2) is 0 Å². The minimum absolute atomic E-state index is 0.0700. The third-order valence-corrected chi connectivity index (χ3v) is 7.37. The van der Waals surface area contributed by atoms with E-state index in [1.807, 2.05) is 13.0 Å². The van der Waals surface area contributed by atoms with Gasteiger partial charge in [-0.05, 0) is 61.7 Å². The second kappa shape index (κ2) is 9.15. The van der Waals surface area contributed by atoms with Gasteiger partial charge in [0, 0.05) is 23.8 Å². The fourth-order valence-corrected chi connectivity index (χ4v) is 5.25. The quantitative estimate of drug-likeness (QED) is 0.546. The Morgan fingerprint density at radius 3 is 2.56 bits per heavy atom. The normalized spacial score (nSPS) is 15.6. The Labute approximate surface area is 196 Å². The van der Waals surface area contributed by atoms with Gasteiger partial charge in [0.25, 0.3) is 5.91 Å². The minimum Gasteiger partial charge on any atom is -0.497 e. The molecule has 2 aromatic carbocycles. The molecule has 1 N–H and O–H groups in total. The summed E-state index contributed by atoms with van der Waals surface area (Å²) in [6, 6.07) is 12.2. The first-order valence-corrected chi connectivity index (χ1v) is 12.0. The zero-order chi connectivity index (χ0) is 24.6. The fourth-order valence-electron chi connectivity index (χ4n) is 4.07. The lowest BCUT2D eigenvalue weighted by Gasteiger charge is -2.23. The van der Waals surface area contributed by atoms with Gasteiger partial charge in [-0.15, -0.1) is 0 Å². The molecule has 8 nitrogen and oxygen atoms in total. The molecule has 1 amide bonds. The first-order valence-electron chi connectivity index (χ1n) is 10.5. The molecule has 180 valence electrons. The van der Waals surface area contributed by atoms with E-state index in [-0.39, 0.29) is 29.1 Å². The lowest BCUT2D eigenvalue weighted by atomic mass is 10.1. The Balaban J connectivity index is 1.55. The van der Waals surface area contributed by atoms with Crippen LogP contribution in [0.15, 0.2) is 53.6 Å². The summed E-state index contributed by atoms with van der Waals surface area (Å²) in [7, 11) is -2.51. The van der Waals surface area contributed by atoms with Crippen LogP contribution in [0.2, 0.25) is 0 Å². The van der Waals surface area contributed by atoms with Crippen molar-refractivity contribution in [1.29, 1.82) is 0 Å². The Morgan fingerprint density at radius 1 is 1.24 bits per heavy atom. The SMILES string of the molecule is COc1ccc(C(=O)N2c3cc(CNS(=O)(=O)c4cnn(C(F)F)c4C)ccc3C[C@@H]2C)cc1. The standard InChI is InChI=1S/C23H24F2N4O4S/c1-14-10-18-5-4-16(12-27-34(31,32)21-13-26-29(15(21)2)23(24)25)11-20(18)28(14)22(30)17-6-8-19(33-3)9-7-17/h4-9,11,13-14,23,27H,10,12H2,1-3H3/t14-/m0/s1. The van der Waals surface area contributed by atoms with Crippen LogP contribution < -0.4 is 14.4 Å². The Morgan fingerprint density at radius 2 is 1.94 bits per heavy atom. The summed E-state index contributed by atoms with van der Waals surface area (Å²) in [5, 5.41) is 3.46. The smallest absolute Gasteiger partial charge is 0.333 e. The molecule has 3 aromatic rings. The van der Waals surface area contributed by atoms with Gasteiger partial charge in [0.1, 0.15) is 10.6 Å².